The number of H-pyrrole nitrogens is 1. The Morgan fingerprint density at radius 2 is 2.06 bits per heavy atom. The molecule has 3 heterocycles. The van der Waals surface area contributed by atoms with Gasteiger partial charge in [0.1, 0.15) is 11.6 Å². The van der Waals surface area contributed by atoms with Crippen LogP contribution in [0.1, 0.15) is 72.1 Å². The molecule has 0 bridgehead atoms. The third-order valence-corrected chi connectivity index (χ3v) is 6.12. The van der Waals surface area contributed by atoms with Gasteiger partial charge in [0.25, 0.3) is 5.91 Å². The van der Waals surface area contributed by atoms with Gasteiger partial charge in [0.2, 0.25) is 0 Å². The van der Waals surface area contributed by atoms with Crippen molar-refractivity contribution in [2.45, 2.75) is 51.1 Å². The molecule has 1 aliphatic carbocycles. The molecular formula is C25H29N7O. The van der Waals surface area contributed by atoms with E-state index in [-0.39, 0.29) is 18.0 Å². The molecule has 8 heteroatoms. The molecule has 0 spiro atoms. The second-order valence-corrected chi connectivity index (χ2v) is 8.95. The second kappa shape index (κ2) is 8.69. The van der Waals surface area contributed by atoms with Crippen molar-refractivity contribution >= 4 is 22.6 Å². The van der Waals surface area contributed by atoms with Gasteiger partial charge in [-0.1, -0.05) is 18.2 Å². The van der Waals surface area contributed by atoms with Crippen molar-refractivity contribution in [2.75, 3.05) is 12.4 Å². The number of fused-ring (bicyclic) bond motifs is 1. The van der Waals surface area contributed by atoms with E-state index in [4.69, 9.17) is 4.98 Å². The number of anilines is 1. The van der Waals surface area contributed by atoms with E-state index in [0.29, 0.717) is 17.9 Å². The summed E-state index contributed by atoms with van der Waals surface area (Å²) in [5.41, 5.74) is 3.56. The standard InChI is InChI=1S/C25H29N7O/c1-15(2)32-14-18(13-28-32)25(33)30-21(10-17-12-27-20-7-5-4-6-19(17)20)22-11-23(26-3)31-24(29-22)16-8-9-16/h4-7,11-16,21,27H,8-10H2,1-3H3,(H,30,33)(H,26,29,31)/t21-/m1/s1. The molecule has 0 radical (unpaired) electrons. The summed E-state index contributed by atoms with van der Waals surface area (Å²) in [6.07, 6.45) is 8.26. The van der Waals surface area contributed by atoms with E-state index in [2.05, 4.69) is 37.8 Å². The lowest BCUT2D eigenvalue weighted by Gasteiger charge is -2.19. The van der Waals surface area contributed by atoms with E-state index in [1.54, 1.807) is 17.1 Å². The topological polar surface area (TPSA) is 101 Å². The molecule has 1 aromatic carbocycles. The number of hydrogen-bond donors (Lipinski definition) is 3. The zero-order valence-electron chi connectivity index (χ0n) is 19.2. The van der Waals surface area contributed by atoms with E-state index in [9.17, 15) is 4.79 Å². The molecule has 1 atom stereocenters. The first-order chi connectivity index (χ1) is 16.0. The van der Waals surface area contributed by atoms with Crippen molar-refractivity contribution in [3.05, 3.63) is 71.6 Å². The van der Waals surface area contributed by atoms with Crippen LogP contribution in [-0.4, -0.2) is 37.7 Å². The summed E-state index contributed by atoms with van der Waals surface area (Å²) in [5.74, 6) is 1.87. The maximum atomic E-state index is 13.2. The molecule has 1 fully saturated rings. The highest BCUT2D eigenvalue weighted by molar-refractivity contribution is 5.94. The number of hydrogen-bond acceptors (Lipinski definition) is 5. The zero-order chi connectivity index (χ0) is 22.9. The van der Waals surface area contributed by atoms with Crippen LogP contribution in [0.25, 0.3) is 10.9 Å². The molecule has 1 amide bonds. The molecule has 0 unspecified atom stereocenters. The fourth-order valence-corrected chi connectivity index (χ4v) is 4.05. The van der Waals surface area contributed by atoms with E-state index in [1.165, 1.54) is 0 Å². The number of para-hydroxylation sites is 1. The fraction of sp³-hybridized carbons (Fsp3) is 0.360. The number of aromatic amines is 1. The lowest BCUT2D eigenvalue weighted by Crippen LogP contribution is -2.31. The Balaban J connectivity index is 1.50. The molecule has 8 nitrogen and oxygen atoms in total. The van der Waals surface area contributed by atoms with E-state index in [0.717, 1.165) is 46.6 Å². The largest absolute Gasteiger partial charge is 0.373 e. The first-order valence-electron chi connectivity index (χ1n) is 11.5. The van der Waals surface area contributed by atoms with Gasteiger partial charge < -0.3 is 15.6 Å². The van der Waals surface area contributed by atoms with E-state index < -0.39 is 0 Å². The number of nitrogens with zero attached hydrogens (tertiary/aromatic N) is 4. The Hall–Kier alpha value is -3.68. The van der Waals surface area contributed by atoms with Crippen LogP contribution in [0.2, 0.25) is 0 Å². The summed E-state index contributed by atoms with van der Waals surface area (Å²) >= 11 is 0. The maximum absolute atomic E-state index is 13.2. The number of aromatic nitrogens is 5. The van der Waals surface area contributed by atoms with Gasteiger partial charge in [-0.2, -0.15) is 5.10 Å². The third kappa shape index (κ3) is 4.46. The average Bonchev–Trinajstić information content (AvgIpc) is 3.41. The minimum atomic E-state index is -0.313. The van der Waals surface area contributed by atoms with Crippen LogP contribution in [0.4, 0.5) is 5.82 Å². The van der Waals surface area contributed by atoms with Crippen LogP contribution in [0.5, 0.6) is 0 Å². The molecule has 5 rings (SSSR count). The number of carbonyl (C=O) groups is 1. The normalized spacial score (nSPS) is 14.5. The average molecular weight is 444 g/mol. The second-order valence-electron chi connectivity index (χ2n) is 8.95. The molecule has 3 N–H and O–H groups in total. The lowest BCUT2D eigenvalue weighted by atomic mass is 10.0. The van der Waals surface area contributed by atoms with Crippen LogP contribution in [0.15, 0.2) is 48.9 Å². The van der Waals surface area contributed by atoms with Crippen molar-refractivity contribution in [2.24, 2.45) is 0 Å². The van der Waals surface area contributed by atoms with Crippen molar-refractivity contribution < 1.29 is 4.79 Å². The monoisotopic (exact) mass is 443 g/mol. The summed E-state index contributed by atoms with van der Waals surface area (Å²) in [4.78, 5) is 26.1. The highest BCUT2D eigenvalue weighted by Gasteiger charge is 2.29. The Morgan fingerprint density at radius 3 is 2.79 bits per heavy atom. The lowest BCUT2D eigenvalue weighted by molar-refractivity contribution is 0.0935. The van der Waals surface area contributed by atoms with Crippen LogP contribution >= 0.6 is 0 Å². The number of carbonyl (C=O) groups excluding carboxylic acids is 1. The maximum Gasteiger partial charge on any atom is 0.255 e. The van der Waals surface area contributed by atoms with Gasteiger partial charge in [0.05, 0.1) is 23.5 Å². The predicted octanol–water partition coefficient (Wildman–Crippen LogP) is 4.37. The molecule has 1 aliphatic rings. The molecule has 1 saturated carbocycles. The molecular weight excluding hydrogens is 414 g/mol. The molecule has 3 aromatic heterocycles. The minimum Gasteiger partial charge on any atom is -0.373 e. The highest BCUT2D eigenvalue weighted by atomic mass is 16.1. The van der Waals surface area contributed by atoms with Crippen molar-refractivity contribution in [3.8, 4) is 0 Å². The minimum absolute atomic E-state index is 0.163. The fourth-order valence-electron chi connectivity index (χ4n) is 4.05. The number of amides is 1. The van der Waals surface area contributed by atoms with Gasteiger partial charge in [-0.15, -0.1) is 0 Å². The summed E-state index contributed by atoms with van der Waals surface area (Å²) < 4.78 is 1.79. The Labute approximate surface area is 192 Å². The van der Waals surface area contributed by atoms with Crippen LogP contribution in [0.3, 0.4) is 0 Å². The zero-order valence-corrected chi connectivity index (χ0v) is 19.2. The molecule has 4 aromatic rings. The van der Waals surface area contributed by atoms with Crippen molar-refractivity contribution in [3.63, 3.8) is 0 Å². The van der Waals surface area contributed by atoms with E-state index in [1.807, 2.05) is 45.3 Å². The molecule has 0 saturated heterocycles. The van der Waals surface area contributed by atoms with Gasteiger partial charge in [-0.3, -0.25) is 9.48 Å². The van der Waals surface area contributed by atoms with Crippen molar-refractivity contribution in [1.82, 2.24) is 30.0 Å². The Kier molecular flexibility index (Phi) is 5.58. The smallest absolute Gasteiger partial charge is 0.255 e. The molecule has 0 aliphatic heterocycles. The molecule has 170 valence electrons. The number of rotatable bonds is 8. The van der Waals surface area contributed by atoms with Gasteiger partial charge in [-0.25, -0.2) is 9.97 Å². The molecule has 33 heavy (non-hydrogen) atoms. The predicted molar refractivity (Wildman–Crippen MR) is 128 cm³/mol. The first kappa shape index (κ1) is 21.2. The van der Waals surface area contributed by atoms with Gasteiger partial charge >= 0.3 is 0 Å². The van der Waals surface area contributed by atoms with Crippen molar-refractivity contribution in [1.29, 1.82) is 0 Å². The van der Waals surface area contributed by atoms with Crippen LogP contribution < -0.4 is 10.6 Å². The summed E-state index contributed by atoms with van der Waals surface area (Å²) in [7, 11) is 1.86. The summed E-state index contributed by atoms with van der Waals surface area (Å²) in [6.45, 7) is 4.07. The van der Waals surface area contributed by atoms with Gasteiger partial charge in [-0.05, 0) is 38.3 Å². The summed E-state index contributed by atoms with van der Waals surface area (Å²) in [5, 5.41) is 11.8. The van der Waals surface area contributed by atoms with Gasteiger partial charge in [0.15, 0.2) is 0 Å². The highest BCUT2D eigenvalue weighted by Crippen LogP contribution is 2.39. The van der Waals surface area contributed by atoms with Crippen LogP contribution in [0, 0.1) is 0 Å². The first-order valence-corrected chi connectivity index (χ1v) is 11.5. The number of nitrogens with one attached hydrogen (secondary N) is 3. The number of benzene rings is 1. The van der Waals surface area contributed by atoms with E-state index >= 15 is 0 Å². The third-order valence-electron chi connectivity index (χ3n) is 6.12. The quantitative estimate of drug-likeness (QED) is 0.375. The summed E-state index contributed by atoms with van der Waals surface area (Å²) in [6, 6.07) is 10.0. The van der Waals surface area contributed by atoms with Gasteiger partial charge in [0, 0.05) is 54.8 Å². The van der Waals surface area contributed by atoms with Crippen LogP contribution in [-0.2, 0) is 6.42 Å². The SMILES string of the molecule is CNc1cc([C@@H](Cc2c[nH]c3ccccc23)NC(=O)c2cnn(C(C)C)c2)nc(C2CC2)n1. The Bertz CT molecular complexity index is 1280. The Morgan fingerprint density at radius 1 is 1.24 bits per heavy atom.